The Morgan fingerprint density at radius 2 is 2.12 bits per heavy atom. The Kier molecular flexibility index (Phi) is 3.88. The second-order valence-electron chi connectivity index (χ2n) is 5.74. The fraction of sp³-hybridized carbons (Fsp3) is 0.286. The average molecular weight is 411 g/mol. The smallest absolute Gasteiger partial charge is 0.362 e. The Hall–Kier alpha value is -2.53. The highest BCUT2D eigenvalue weighted by molar-refractivity contribution is 9.10. The minimum atomic E-state index is -0.742. The first-order valence-corrected chi connectivity index (χ1v) is 8.21. The predicted octanol–water partition coefficient (Wildman–Crippen LogP) is 1.68. The number of aromatic nitrogens is 4. The lowest BCUT2D eigenvalue weighted by atomic mass is 9.88. The van der Waals surface area contributed by atoms with Crippen molar-refractivity contribution in [3.63, 3.8) is 0 Å². The van der Waals surface area contributed by atoms with Crippen LogP contribution in [0, 0.1) is 5.82 Å². The number of nitrogens with zero attached hydrogens (tertiary/aromatic N) is 4. The summed E-state index contributed by atoms with van der Waals surface area (Å²) in [6.07, 6.45) is 1.59. The standard InChI is InChI=1S/C14H12BrFN6O3/c15-9-5-8(1-2-10(9)16)22-13(21-24-14(22)23)11-12(20-25-19-11)18-7-3-6(17)4-7/h1-2,5-7H,3-4,17H2,(H,18,20). The summed E-state index contributed by atoms with van der Waals surface area (Å²) in [4.78, 5) is 12.1. The van der Waals surface area contributed by atoms with E-state index < -0.39 is 11.6 Å². The van der Waals surface area contributed by atoms with Crippen molar-refractivity contribution in [1.82, 2.24) is 20.0 Å². The van der Waals surface area contributed by atoms with Crippen LogP contribution in [0.2, 0.25) is 0 Å². The van der Waals surface area contributed by atoms with Gasteiger partial charge in [0.2, 0.25) is 11.6 Å². The van der Waals surface area contributed by atoms with Crippen LogP contribution in [0.5, 0.6) is 0 Å². The van der Waals surface area contributed by atoms with Gasteiger partial charge in [0.15, 0.2) is 5.69 Å². The molecule has 1 aliphatic carbocycles. The molecule has 2 aromatic heterocycles. The SMILES string of the molecule is NC1CC(Nc2nonc2-c2noc(=O)n2-c2ccc(F)c(Br)c2)C1. The van der Waals surface area contributed by atoms with Gasteiger partial charge in [-0.1, -0.05) is 5.16 Å². The number of benzene rings is 1. The van der Waals surface area contributed by atoms with E-state index in [4.69, 9.17) is 14.9 Å². The van der Waals surface area contributed by atoms with E-state index in [1.54, 1.807) is 0 Å². The summed E-state index contributed by atoms with van der Waals surface area (Å²) in [7, 11) is 0. The number of nitrogens with two attached hydrogens (primary N) is 1. The third kappa shape index (κ3) is 2.85. The first kappa shape index (κ1) is 16.0. The highest BCUT2D eigenvalue weighted by Gasteiger charge is 2.29. The molecule has 1 fully saturated rings. The second kappa shape index (κ2) is 6.08. The van der Waals surface area contributed by atoms with E-state index in [9.17, 15) is 9.18 Å². The lowest BCUT2D eigenvalue weighted by Gasteiger charge is -2.32. The number of halogens is 2. The summed E-state index contributed by atoms with van der Waals surface area (Å²) in [5, 5.41) is 14.5. The van der Waals surface area contributed by atoms with E-state index in [0.29, 0.717) is 11.5 Å². The normalized spacial score (nSPS) is 19.6. The maximum atomic E-state index is 13.5. The maximum Gasteiger partial charge on any atom is 0.446 e. The molecule has 25 heavy (non-hydrogen) atoms. The maximum absolute atomic E-state index is 13.5. The molecule has 0 amide bonds. The molecule has 1 aliphatic rings. The van der Waals surface area contributed by atoms with Crippen LogP contribution < -0.4 is 16.8 Å². The third-order valence-electron chi connectivity index (χ3n) is 3.98. The van der Waals surface area contributed by atoms with Crippen molar-refractivity contribution in [3.8, 4) is 17.2 Å². The summed E-state index contributed by atoms with van der Waals surface area (Å²) < 4.78 is 24.4. The predicted molar refractivity (Wildman–Crippen MR) is 87.7 cm³/mol. The Morgan fingerprint density at radius 3 is 2.84 bits per heavy atom. The highest BCUT2D eigenvalue weighted by atomic mass is 79.9. The van der Waals surface area contributed by atoms with Crippen LogP contribution in [-0.2, 0) is 0 Å². The number of anilines is 1. The first-order valence-electron chi connectivity index (χ1n) is 7.42. The molecule has 3 aromatic rings. The average Bonchev–Trinajstić information content (AvgIpc) is 3.15. The van der Waals surface area contributed by atoms with Crippen molar-refractivity contribution in [3.05, 3.63) is 39.0 Å². The van der Waals surface area contributed by atoms with Gasteiger partial charge in [-0.25, -0.2) is 18.4 Å². The van der Waals surface area contributed by atoms with Crippen molar-refractivity contribution in [2.24, 2.45) is 5.73 Å². The van der Waals surface area contributed by atoms with E-state index in [-0.39, 0.29) is 28.1 Å². The molecule has 3 N–H and O–H groups in total. The van der Waals surface area contributed by atoms with E-state index in [0.717, 1.165) is 17.4 Å². The summed E-state index contributed by atoms with van der Waals surface area (Å²) in [6, 6.07) is 4.38. The summed E-state index contributed by atoms with van der Waals surface area (Å²) in [6.45, 7) is 0. The van der Waals surface area contributed by atoms with Crippen LogP contribution in [0.15, 0.2) is 36.6 Å². The topological polar surface area (TPSA) is 125 Å². The molecule has 2 heterocycles. The minimum Gasteiger partial charge on any atom is -0.362 e. The van der Waals surface area contributed by atoms with Crippen LogP contribution in [0.25, 0.3) is 17.2 Å². The van der Waals surface area contributed by atoms with Crippen LogP contribution >= 0.6 is 15.9 Å². The Labute approximate surface area is 148 Å². The zero-order chi connectivity index (χ0) is 17.6. The summed E-state index contributed by atoms with van der Waals surface area (Å²) in [5.74, 6) is -0.772. The molecule has 0 atom stereocenters. The molecule has 0 spiro atoms. The zero-order valence-corrected chi connectivity index (χ0v) is 14.2. The fourth-order valence-electron chi connectivity index (χ4n) is 2.65. The van der Waals surface area contributed by atoms with Crippen LogP contribution in [0.1, 0.15) is 12.8 Å². The van der Waals surface area contributed by atoms with Gasteiger partial charge in [-0.15, -0.1) is 0 Å². The van der Waals surface area contributed by atoms with Gasteiger partial charge in [-0.2, -0.15) is 0 Å². The third-order valence-corrected chi connectivity index (χ3v) is 4.59. The van der Waals surface area contributed by atoms with Gasteiger partial charge in [0.25, 0.3) is 0 Å². The molecular weight excluding hydrogens is 399 g/mol. The number of rotatable bonds is 4. The lowest BCUT2D eigenvalue weighted by molar-refractivity contribution is 0.307. The van der Waals surface area contributed by atoms with Crippen LogP contribution in [0.4, 0.5) is 10.2 Å². The van der Waals surface area contributed by atoms with Crippen molar-refractivity contribution < 1.29 is 13.5 Å². The molecule has 0 unspecified atom stereocenters. The van der Waals surface area contributed by atoms with E-state index in [2.05, 4.69) is 36.7 Å². The van der Waals surface area contributed by atoms with E-state index >= 15 is 0 Å². The van der Waals surface area contributed by atoms with Gasteiger partial charge in [-0.3, -0.25) is 4.52 Å². The molecule has 1 saturated carbocycles. The number of hydrogen-bond acceptors (Lipinski definition) is 8. The Morgan fingerprint density at radius 1 is 1.32 bits per heavy atom. The molecule has 0 bridgehead atoms. The van der Waals surface area contributed by atoms with Crippen LogP contribution in [-0.4, -0.2) is 32.1 Å². The monoisotopic (exact) mass is 410 g/mol. The van der Waals surface area contributed by atoms with Crippen molar-refractivity contribution in [2.75, 3.05) is 5.32 Å². The molecule has 0 radical (unpaired) electrons. The number of hydrogen-bond donors (Lipinski definition) is 2. The van der Waals surface area contributed by atoms with Gasteiger partial charge < -0.3 is 11.1 Å². The Balaban J connectivity index is 1.74. The summed E-state index contributed by atoms with van der Waals surface area (Å²) >= 11 is 3.09. The van der Waals surface area contributed by atoms with Crippen molar-refractivity contribution in [1.29, 1.82) is 0 Å². The molecule has 0 saturated heterocycles. The zero-order valence-electron chi connectivity index (χ0n) is 12.6. The van der Waals surface area contributed by atoms with Gasteiger partial charge in [0, 0.05) is 12.1 Å². The van der Waals surface area contributed by atoms with Crippen molar-refractivity contribution >= 4 is 21.7 Å². The fourth-order valence-corrected chi connectivity index (χ4v) is 3.02. The molecule has 1 aromatic carbocycles. The van der Waals surface area contributed by atoms with Gasteiger partial charge in [-0.05, 0) is 57.3 Å². The largest absolute Gasteiger partial charge is 0.446 e. The molecule has 11 heteroatoms. The molecular formula is C14H12BrFN6O3. The quantitative estimate of drug-likeness (QED) is 0.665. The lowest BCUT2D eigenvalue weighted by Crippen LogP contribution is -2.44. The Bertz CT molecular complexity index is 977. The molecule has 9 nitrogen and oxygen atoms in total. The van der Waals surface area contributed by atoms with Crippen molar-refractivity contribution in [2.45, 2.75) is 24.9 Å². The number of nitrogens with one attached hydrogen (secondary N) is 1. The minimum absolute atomic E-state index is 0.0934. The first-order chi connectivity index (χ1) is 12.0. The van der Waals surface area contributed by atoms with E-state index in [1.165, 1.54) is 18.2 Å². The summed E-state index contributed by atoms with van der Waals surface area (Å²) in [5.41, 5.74) is 6.34. The second-order valence-corrected chi connectivity index (χ2v) is 6.59. The van der Waals surface area contributed by atoms with Gasteiger partial charge in [0.05, 0.1) is 10.2 Å². The molecule has 130 valence electrons. The van der Waals surface area contributed by atoms with Crippen LogP contribution in [0.3, 0.4) is 0 Å². The van der Waals surface area contributed by atoms with Gasteiger partial charge >= 0.3 is 5.76 Å². The van der Waals surface area contributed by atoms with Gasteiger partial charge in [0.1, 0.15) is 5.82 Å². The molecule has 0 aliphatic heterocycles. The molecule has 4 rings (SSSR count). The highest BCUT2D eigenvalue weighted by Crippen LogP contribution is 2.29. The van der Waals surface area contributed by atoms with E-state index in [1.807, 2.05) is 0 Å².